The van der Waals surface area contributed by atoms with E-state index in [0.717, 1.165) is 0 Å². The number of aromatic amines is 1. The zero-order valence-corrected chi connectivity index (χ0v) is 9.92. The Labute approximate surface area is 108 Å². The molecule has 0 radical (unpaired) electrons. The largest absolute Gasteiger partial charge is 0.480 e. The second-order valence-electron chi connectivity index (χ2n) is 3.72. The van der Waals surface area contributed by atoms with Crippen molar-refractivity contribution in [1.82, 2.24) is 20.6 Å². The van der Waals surface area contributed by atoms with E-state index in [4.69, 9.17) is 10.2 Å². The van der Waals surface area contributed by atoms with Gasteiger partial charge in [0, 0.05) is 18.3 Å². The summed E-state index contributed by atoms with van der Waals surface area (Å²) in [5.41, 5.74) is 0.633. The molecule has 0 aliphatic rings. The number of carbonyl (C=O) groups excluding carboxylic acids is 1. The van der Waals surface area contributed by atoms with E-state index in [2.05, 4.69) is 20.6 Å². The van der Waals surface area contributed by atoms with Gasteiger partial charge in [-0.2, -0.15) is 0 Å². The Morgan fingerprint density at radius 2 is 1.95 bits per heavy atom. The zero-order valence-electron chi connectivity index (χ0n) is 9.92. The summed E-state index contributed by atoms with van der Waals surface area (Å²) in [6.07, 6.45) is 3.11. The molecule has 1 aromatic heterocycles. The van der Waals surface area contributed by atoms with E-state index < -0.39 is 37.0 Å². The van der Waals surface area contributed by atoms with Crippen LogP contribution in [0.1, 0.15) is 5.69 Å². The van der Waals surface area contributed by atoms with E-state index in [9.17, 15) is 14.4 Å². The molecule has 1 aromatic rings. The van der Waals surface area contributed by atoms with Gasteiger partial charge >= 0.3 is 11.9 Å². The molecule has 0 spiro atoms. The molecule has 19 heavy (non-hydrogen) atoms. The lowest BCUT2D eigenvalue weighted by Gasteiger charge is -2.16. The number of carboxylic acids is 2. The fourth-order valence-corrected chi connectivity index (χ4v) is 1.37. The van der Waals surface area contributed by atoms with Crippen molar-refractivity contribution >= 4 is 17.8 Å². The number of nitrogens with zero attached hydrogens (tertiary/aromatic N) is 1. The minimum absolute atomic E-state index is 0.179. The Bertz CT molecular complexity index is 445. The SMILES string of the molecule is O=C(O)CNC(=O)[C@@H](Cc1cnc[nH]1)NCC(=O)O. The number of hydrogen-bond acceptors (Lipinski definition) is 5. The highest BCUT2D eigenvalue weighted by Crippen LogP contribution is 1.98. The van der Waals surface area contributed by atoms with Crippen LogP contribution in [0.5, 0.6) is 0 Å². The maximum Gasteiger partial charge on any atom is 0.322 e. The lowest BCUT2D eigenvalue weighted by Crippen LogP contribution is -2.48. The maximum atomic E-state index is 11.7. The van der Waals surface area contributed by atoms with Crippen LogP contribution in [0.2, 0.25) is 0 Å². The zero-order chi connectivity index (χ0) is 14.3. The molecular formula is C10H14N4O5. The highest BCUT2D eigenvalue weighted by Gasteiger charge is 2.20. The molecular weight excluding hydrogens is 256 g/mol. The van der Waals surface area contributed by atoms with Crippen molar-refractivity contribution in [3.8, 4) is 0 Å². The first-order chi connectivity index (χ1) is 8.99. The summed E-state index contributed by atoms with van der Waals surface area (Å²) < 4.78 is 0. The number of H-pyrrole nitrogens is 1. The van der Waals surface area contributed by atoms with Gasteiger partial charge in [0.2, 0.25) is 5.91 Å². The molecule has 104 valence electrons. The van der Waals surface area contributed by atoms with Gasteiger partial charge in [-0.25, -0.2) is 4.98 Å². The number of amides is 1. The standard InChI is InChI=1S/C10H14N4O5/c15-8(16)3-12-7(1-6-2-11-5-14-6)10(19)13-4-9(17)18/h2,5,7,12H,1,3-4H2,(H,11,14)(H,13,19)(H,15,16)(H,17,18)/t7-/m1/s1. The number of imidazole rings is 1. The smallest absolute Gasteiger partial charge is 0.322 e. The van der Waals surface area contributed by atoms with Gasteiger partial charge in [-0.1, -0.05) is 0 Å². The third-order valence-electron chi connectivity index (χ3n) is 2.21. The van der Waals surface area contributed by atoms with Crippen molar-refractivity contribution in [2.24, 2.45) is 0 Å². The molecule has 0 unspecified atom stereocenters. The molecule has 9 nitrogen and oxygen atoms in total. The van der Waals surface area contributed by atoms with Gasteiger partial charge < -0.3 is 20.5 Å². The Balaban J connectivity index is 2.59. The van der Waals surface area contributed by atoms with Gasteiger partial charge in [-0.05, 0) is 0 Å². The fourth-order valence-electron chi connectivity index (χ4n) is 1.37. The summed E-state index contributed by atoms with van der Waals surface area (Å²) in [6, 6.07) is -0.851. The highest BCUT2D eigenvalue weighted by atomic mass is 16.4. The number of rotatable bonds is 8. The first-order valence-electron chi connectivity index (χ1n) is 5.41. The third kappa shape index (κ3) is 5.64. The van der Waals surface area contributed by atoms with Gasteiger partial charge in [-0.15, -0.1) is 0 Å². The second-order valence-corrected chi connectivity index (χ2v) is 3.72. The summed E-state index contributed by atoms with van der Waals surface area (Å²) in [6.45, 7) is -0.924. The van der Waals surface area contributed by atoms with E-state index in [0.29, 0.717) is 5.69 Å². The molecule has 1 rings (SSSR count). The van der Waals surface area contributed by atoms with Crippen LogP contribution in [0.3, 0.4) is 0 Å². The van der Waals surface area contributed by atoms with Crippen LogP contribution in [0.15, 0.2) is 12.5 Å². The number of carboxylic acid groups (broad SMARTS) is 2. The van der Waals surface area contributed by atoms with E-state index in [1.165, 1.54) is 12.5 Å². The minimum Gasteiger partial charge on any atom is -0.480 e. The predicted octanol–water partition coefficient (Wildman–Crippen LogP) is -1.80. The molecule has 0 saturated heterocycles. The van der Waals surface area contributed by atoms with Gasteiger partial charge in [0.15, 0.2) is 0 Å². The van der Waals surface area contributed by atoms with E-state index >= 15 is 0 Å². The summed E-state index contributed by atoms with van der Waals surface area (Å²) in [7, 11) is 0. The Kier molecular flexibility index (Phi) is 5.48. The lowest BCUT2D eigenvalue weighted by molar-refractivity contribution is -0.139. The quantitative estimate of drug-likeness (QED) is 0.374. The van der Waals surface area contributed by atoms with Crippen molar-refractivity contribution in [3.63, 3.8) is 0 Å². The molecule has 0 fully saturated rings. The van der Waals surface area contributed by atoms with Crippen LogP contribution in [0.25, 0.3) is 0 Å². The molecule has 1 atom stereocenters. The van der Waals surface area contributed by atoms with Crippen molar-refractivity contribution in [1.29, 1.82) is 0 Å². The Morgan fingerprint density at radius 1 is 1.26 bits per heavy atom. The van der Waals surface area contributed by atoms with Gasteiger partial charge in [0.05, 0.1) is 18.9 Å². The monoisotopic (exact) mass is 270 g/mol. The normalized spacial score (nSPS) is 11.8. The molecule has 9 heteroatoms. The lowest BCUT2D eigenvalue weighted by atomic mass is 10.1. The van der Waals surface area contributed by atoms with Crippen LogP contribution < -0.4 is 10.6 Å². The van der Waals surface area contributed by atoms with Crippen molar-refractivity contribution < 1.29 is 24.6 Å². The number of carbonyl (C=O) groups is 3. The summed E-state index contributed by atoms with van der Waals surface area (Å²) in [4.78, 5) is 39.1. The van der Waals surface area contributed by atoms with Crippen LogP contribution in [-0.2, 0) is 20.8 Å². The molecule has 0 aromatic carbocycles. The predicted molar refractivity (Wildman–Crippen MR) is 62.4 cm³/mol. The first-order valence-corrected chi connectivity index (χ1v) is 5.41. The molecule has 0 bridgehead atoms. The molecule has 1 amide bonds. The molecule has 5 N–H and O–H groups in total. The topological polar surface area (TPSA) is 144 Å². The fraction of sp³-hybridized carbons (Fsp3) is 0.400. The number of aromatic nitrogens is 2. The Morgan fingerprint density at radius 3 is 2.47 bits per heavy atom. The van der Waals surface area contributed by atoms with Gasteiger partial charge in [0.25, 0.3) is 0 Å². The summed E-state index contributed by atoms with van der Waals surface area (Å²) in [5.74, 6) is -2.87. The average Bonchev–Trinajstić information content (AvgIpc) is 2.83. The van der Waals surface area contributed by atoms with Crippen LogP contribution in [0.4, 0.5) is 0 Å². The van der Waals surface area contributed by atoms with Crippen molar-refractivity contribution in [2.75, 3.05) is 13.1 Å². The van der Waals surface area contributed by atoms with Crippen molar-refractivity contribution in [2.45, 2.75) is 12.5 Å². The number of hydrogen-bond donors (Lipinski definition) is 5. The minimum atomic E-state index is -1.17. The molecule has 0 aliphatic heterocycles. The molecule has 1 heterocycles. The van der Waals surface area contributed by atoms with Crippen LogP contribution in [0, 0.1) is 0 Å². The third-order valence-corrected chi connectivity index (χ3v) is 2.21. The number of nitrogens with one attached hydrogen (secondary N) is 3. The van der Waals surface area contributed by atoms with Crippen LogP contribution >= 0.6 is 0 Å². The summed E-state index contributed by atoms with van der Waals surface area (Å²) in [5, 5.41) is 21.8. The van der Waals surface area contributed by atoms with Crippen LogP contribution in [-0.4, -0.2) is 57.2 Å². The average molecular weight is 270 g/mol. The maximum absolute atomic E-state index is 11.7. The summed E-state index contributed by atoms with van der Waals surface area (Å²) >= 11 is 0. The molecule has 0 saturated carbocycles. The van der Waals surface area contributed by atoms with E-state index in [-0.39, 0.29) is 6.42 Å². The second kappa shape index (κ2) is 7.11. The van der Waals surface area contributed by atoms with E-state index in [1.807, 2.05) is 0 Å². The highest BCUT2D eigenvalue weighted by molar-refractivity contribution is 5.85. The van der Waals surface area contributed by atoms with Gasteiger partial charge in [0.1, 0.15) is 6.54 Å². The first kappa shape index (κ1) is 14.6. The number of aliphatic carboxylic acids is 2. The Hall–Kier alpha value is -2.42. The molecule has 0 aliphatic carbocycles. The van der Waals surface area contributed by atoms with Gasteiger partial charge in [-0.3, -0.25) is 19.7 Å². The van der Waals surface area contributed by atoms with Crippen molar-refractivity contribution in [3.05, 3.63) is 18.2 Å². The van der Waals surface area contributed by atoms with E-state index in [1.54, 1.807) is 0 Å².